The highest BCUT2D eigenvalue weighted by Gasteiger charge is 2.11. The number of rotatable bonds is 4. The van der Waals surface area contributed by atoms with Crippen LogP contribution in [-0.2, 0) is 6.42 Å². The fourth-order valence-corrected chi connectivity index (χ4v) is 1.94. The van der Waals surface area contributed by atoms with Gasteiger partial charge in [-0.05, 0) is 45.8 Å². The number of benzene rings is 1. The van der Waals surface area contributed by atoms with Crippen LogP contribution in [0, 0.1) is 5.82 Å². The number of hydrazine groups is 1. The van der Waals surface area contributed by atoms with Crippen LogP contribution in [0.25, 0.3) is 0 Å². The first-order chi connectivity index (χ1) is 8.69. The second-order valence-corrected chi connectivity index (χ2v) is 4.86. The highest BCUT2D eigenvalue weighted by molar-refractivity contribution is 9.10. The summed E-state index contributed by atoms with van der Waals surface area (Å²) in [7, 11) is 0. The molecule has 0 aliphatic rings. The van der Waals surface area contributed by atoms with E-state index in [-0.39, 0.29) is 11.9 Å². The molecular weight excluding hydrogens is 297 g/mol. The van der Waals surface area contributed by atoms with Gasteiger partial charge in [-0.15, -0.1) is 0 Å². The van der Waals surface area contributed by atoms with Crippen molar-refractivity contribution in [3.8, 4) is 0 Å². The summed E-state index contributed by atoms with van der Waals surface area (Å²) < 4.78 is 13.8. The molecule has 0 bridgehead atoms. The van der Waals surface area contributed by atoms with Gasteiger partial charge < -0.3 is 0 Å². The Bertz CT molecular complexity index is 499. The third-order valence-electron chi connectivity index (χ3n) is 2.68. The molecule has 1 atom stereocenters. The van der Waals surface area contributed by atoms with Gasteiger partial charge in [0, 0.05) is 22.8 Å². The average molecular weight is 310 g/mol. The molecule has 0 radical (unpaired) electrons. The zero-order chi connectivity index (χ0) is 13.0. The molecule has 1 unspecified atom stereocenters. The van der Waals surface area contributed by atoms with Crippen LogP contribution in [-0.4, -0.2) is 4.98 Å². The molecule has 0 spiro atoms. The van der Waals surface area contributed by atoms with Crippen LogP contribution in [0.15, 0.2) is 47.1 Å². The minimum Gasteiger partial charge on any atom is -0.271 e. The van der Waals surface area contributed by atoms with E-state index in [0.717, 1.165) is 15.7 Å². The molecule has 3 nitrogen and oxygen atoms in total. The zero-order valence-electron chi connectivity index (χ0n) is 9.61. The van der Waals surface area contributed by atoms with Crippen LogP contribution in [0.5, 0.6) is 0 Å². The molecule has 5 heteroatoms. The number of aromatic nitrogens is 1. The molecule has 0 aliphatic carbocycles. The summed E-state index contributed by atoms with van der Waals surface area (Å²) in [6.07, 6.45) is 2.39. The summed E-state index contributed by atoms with van der Waals surface area (Å²) >= 11 is 3.34. The SMILES string of the molecule is NNC(Cc1ccc(Br)cn1)c1ccc(F)cc1. The molecule has 94 valence electrons. The summed E-state index contributed by atoms with van der Waals surface area (Å²) in [5.74, 6) is 5.29. The third-order valence-corrected chi connectivity index (χ3v) is 3.14. The maximum Gasteiger partial charge on any atom is 0.123 e. The van der Waals surface area contributed by atoms with Crippen molar-refractivity contribution in [1.82, 2.24) is 10.4 Å². The van der Waals surface area contributed by atoms with Crippen LogP contribution < -0.4 is 11.3 Å². The predicted molar refractivity (Wildman–Crippen MR) is 72.1 cm³/mol. The molecule has 2 rings (SSSR count). The number of halogens is 2. The van der Waals surface area contributed by atoms with Crippen molar-refractivity contribution in [2.45, 2.75) is 12.5 Å². The molecule has 0 saturated heterocycles. The number of hydrogen-bond donors (Lipinski definition) is 2. The van der Waals surface area contributed by atoms with Crippen molar-refractivity contribution in [3.63, 3.8) is 0 Å². The van der Waals surface area contributed by atoms with Gasteiger partial charge in [-0.1, -0.05) is 12.1 Å². The second-order valence-electron chi connectivity index (χ2n) is 3.94. The summed E-state index contributed by atoms with van der Waals surface area (Å²) in [5.41, 5.74) is 4.58. The van der Waals surface area contributed by atoms with Gasteiger partial charge in [-0.3, -0.25) is 16.3 Å². The van der Waals surface area contributed by atoms with Gasteiger partial charge in [-0.25, -0.2) is 4.39 Å². The van der Waals surface area contributed by atoms with E-state index in [1.54, 1.807) is 18.3 Å². The number of nitrogens with one attached hydrogen (secondary N) is 1. The Hall–Kier alpha value is -1.30. The number of nitrogens with two attached hydrogens (primary N) is 1. The minimum atomic E-state index is -0.253. The highest BCUT2D eigenvalue weighted by atomic mass is 79.9. The molecule has 1 aromatic heterocycles. The molecule has 0 amide bonds. The second kappa shape index (κ2) is 6.04. The van der Waals surface area contributed by atoms with Crippen LogP contribution in [0.3, 0.4) is 0 Å². The van der Waals surface area contributed by atoms with E-state index in [2.05, 4.69) is 26.3 Å². The van der Waals surface area contributed by atoms with Gasteiger partial charge in [0.1, 0.15) is 5.82 Å². The van der Waals surface area contributed by atoms with E-state index >= 15 is 0 Å². The molecule has 18 heavy (non-hydrogen) atoms. The van der Waals surface area contributed by atoms with Gasteiger partial charge in [-0.2, -0.15) is 0 Å². The Morgan fingerprint density at radius 3 is 2.50 bits per heavy atom. The van der Waals surface area contributed by atoms with Gasteiger partial charge in [0.05, 0.1) is 6.04 Å². The minimum absolute atomic E-state index is 0.0840. The first kappa shape index (κ1) is 13.1. The summed E-state index contributed by atoms with van der Waals surface area (Å²) in [5, 5.41) is 0. The average Bonchev–Trinajstić information content (AvgIpc) is 2.39. The lowest BCUT2D eigenvalue weighted by atomic mass is 10.0. The largest absolute Gasteiger partial charge is 0.271 e. The van der Waals surface area contributed by atoms with Crippen molar-refractivity contribution in [2.75, 3.05) is 0 Å². The molecule has 0 saturated carbocycles. The predicted octanol–water partition coefficient (Wildman–Crippen LogP) is 2.73. The smallest absolute Gasteiger partial charge is 0.123 e. The Morgan fingerprint density at radius 1 is 1.22 bits per heavy atom. The van der Waals surface area contributed by atoms with E-state index in [4.69, 9.17) is 5.84 Å². The van der Waals surface area contributed by atoms with Crippen LogP contribution in [0.2, 0.25) is 0 Å². The lowest BCUT2D eigenvalue weighted by Gasteiger charge is -2.15. The van der Waals surface area contributed by atoms with E-state index < -0.39 is 0 Å². The maximum absolute atomic E-state index is 12.9. The maximum atomic E-state index is 12.9. The van der Waals surface area contributed by atoms with Crippen molar-refractivity contribution in [1.29, 1.82) is 0 Å². The Balaban J connectivity index is 2.14. The molecule has 1 heterocycles. The summed E-state index contributed by atoms with van der Waals surface area (Å²) in [6.45, 7) is 0. The molecule has 2 aromatic rings. The highest BCUT2D eigenvalue weighted by Crippen LogP contribution is 2.18. The topological polar surface area (TPSA) is 50.9 Å². The van der Waals surface area contributed by atoms with Crippen LogP contribution in [0.1, 0.15) is 17.3 Å². The zero-order valence-corrected chi connectivity index (χ0v) is 11.2. The summed E-state index contributed by atoms with van der Waals surface area (Å²) in [6, 6.07) is 10.1. The molecule has 0 fully saturated rings. The van der Waals surface area contributed by atoms with E-state index in [1.807, 2.05) is 12.1 Å². The van der Waals surface area contributed by atoms with Crippen molar-refractivity contribution in [3.05, 3.63) is 64.1 Å². The van der Waals surface area contributed by atoms with Crippen molar-refractivity contribution in [2.24, 2.45) is 5.84 Å². The molecular formula is C13H13BrFN3. The lowest BCUT2D eigenvalue weighted by Crippen LogP contribution is -2.29. The van der Waals surface area contributed by atoms with Crippen molar-refractivity contribution < 1.29 is 4.39 Å². The van der Waals surface area contributed by atoms with Gasteiger partial charge >= 0.3 is 0 Å². The number of hydrogen-bond acceptors (Lipinski definition) is 3. The monoisotopic (exact) mass is 309 g/mol. The molecule has 0 aliphatic heterocycles. The Labute approximate surface area is 113 Å². The normalized spacial score (nSPS) is 12.4. The first-order valence-corrected chi connectivity index (χ1v) is 6.30. The quantitative estimate of drug-likeness (QED) is 0.674. The standard InChI is InChI=1S/C13H13BrFN3/c14-10-3-6-12(17-8-10)7-13(18-16)9-1-4-11(15)5-2-9/h1-6,8,13,18H,7,16H2. The van der Waals surface area contributed by atoms with E-state index in [9.17, 15) is 4.39 Å². The van der Waals surface area contributed by atoms with Gasteiger partial charge in [0.15, 0.2) is 0 Å². The fourth-order valence-electron chi connectivity index (χ4n) is 1.70. The van der Waals surface area contributed by atoms with Crippen molar-refractivity contribution >= 4 is 15.9 Å². The third kappa shape index (κ3) is 3.35. The fraction of sp³-hybridized carbons (Fsp3) is 0.154. The van der Waals surface area contributed by atoms with Crippen LogP contribution in [0.4, 0.5) is 4.39 Å². The van der Waals surface area contributed by atoms with Gasteiger partial charge in [0.25, 0.3) is 0 Å². The first-order valence-electron chi connectivity index (χ1n) is 5.51. The number of nitrogens with zero attached hydrogens (tertiary/aromatic N) is 1. The lowest BCUT2D eigenvalue weighted by molar-refractivity contribution is 0.543. The summed E-state index contributed by atoms with van der Waals surface area (Å²) in [4.78, 5) is 4.29. The van der Waals surface area contributed by atoms with E-state index in [1.165, 1.54) is 12.1 Å². The van der Waals surface area contributed by atoms with E-state index in [0.29, 0.717) is 6.42 Å². The molecule has 1 aromatic carbocycles. The molecule has 3 N–H and O–H groups in total. The Kier molecular flexibility index (Phi) is 4.41. The van der Waals surface area contributed by atoms with Gasteiger partial charge in [0.2, 0.25) is 0 Å². The Morgan fingerprint density at radius 2 is 1.94 bits per heavy atom. The van der Waals surface area contributed by atoms with Crippen LogP contribution >= 0.6 is 15.9 Å². The number of pyridine rings is 1.